The number of carbonyl (C=O) groups excluding carboxylic acids is 2. The highest BCUT2D eigenvalue weighted by Gasteiger charge is 2.35. The van der Waals surface area contributed by atoms with Crippen molar-refractivity contribution in [2.24, 2.45) is 5.92 Å². The number of imide groups is 1. The number of piperidine rings is 1. The summed E-state index contributed by atoms with van der Waals surface area (Å²) in [5, 5.41) is 0. The maximum atomic E-state index is 12.9. The largest absolute Gasteiger partial charge is 0.449 e. The predicted octanol–water partition coefficient (Wildman–Crippen LogP) is 3.08. The Morgan fingerprint density at radius 2 is 2.21 bits per heavy atom. The lowest BCUT2D eigenvalue weighted by atomic mass is 9.91. The average Bonchev–Trinajstić information content (AvgIpc) is 3.13. The van der Waals surface area contributed by atoms with E-state index in [1.807, 2.05) is 25.5 Å². The zero-order chi connectivity index (χ0) is 19.5. The first-order chi connectivity index (χ1) is 13.7. The van der Waals surface area contributed by atoms with E-state index < -0.39 is 6.09 Å². The second-order valence-electron chi connectivity index (χ2n) is 7.48. The first-order valence-electron chi connectivity index (χ1n) is 10.2. The summed E-state index contributed by atoms with van der Waals surface area (Å²) in [6.07, 6.45) is 8.80. The summed E-state index contributed by atoms with van der Waals surface area (Å²) in [4.78, 5) is 35.5. The number of imidazole rings is 1. The molecule has 0 N–H and O–H groups in total. The van der Waals surface area contributed by atoms with Crippen LogP contribution in [0.5, 0.6) is 0 Å². The van der Waals surface area contributed by atoms with Crippen molar-refractivity contribution in [3.05, 3.63) is 41.7 Å². The van der Waals surface area contributed by atoms with Gasteiger partial charge in [-0.25, -0.2) is 14.7 Å². The normalized spacial score (nSPS) is 18.5. The van der Waals surface area contributed by atoms with Crippen LogP contribution in [0.4, 0.5) is 4.79 Å². The van der Waals surface area contributed by atoms with E-state index in [0.29, 0.717) is 19.6 Å². The number of pyridine rings is 1. The van der Waals surface area contributed by atoms with Crippen LogP contribution in [0.3, 0.4) is 0 Å². The van der Waals surface area contributed by atoms with Crippen molar-refractivity contribution in [2.75, 3.05) is 13.2 Å². The van der Waals surface area contributed by atoms with Crippen molar-refractivity contribution in [3.8, 4) is 5.69 Å². The van der Waals surface area contributed by atoms with Crippen molar-refractivity contribution < 1.29 is 14.3 Å². The van der Waals surface area contributed by atoms with E-state index in [-0.39, 0.29) is 11.8 Å². The Balaban J connectivity index is 1.47. The summed E-state index contributed by atoms with van der Waals surface area (Å²) in [6, 6.07) is 3.98. The van der Waals surface area contributed by atoms with E-state index in [1.165, 1.54) is 4.90 Å². The second-order valence-corrected chi connectivity index (χ2v) is 7.48. The second kappa shape index (κ2) is 8.12. The lowest BCUT2D eigenvalue weighted by Gasteiger charge is -2.30. The van der Waals surface area contributed by atoms with Crippen molar-refractivity contribution in [1.82, 2.24) is 19.4 Å². The molecule has 1 fully saturated rings. The highest BCUT2D eigenvalue weighted by atomic mass is 16.6. The van der Waals surface area contributed by atoms with Crippen LogP contribution in [-0.2, 0) is 28.8 Å². The van der Waals surface area contributed by atoms with E-state index in [4.69, 9.17) is 4.74 Å². The SMILES string of the molecule is CCCCOC(=O)N1CCCC(Cc2ncn3c2CCc2ncccc2-3)C1=O. The molecule has 7 nitrogen and oxygen atoms in total. The lowest BCUT2D eigenvalue weighted by Crippen LogP contribution is -2.46. The van der Waals surface area contributed by atoms with Crippen molar-refractivity contribution in [2.45, 2.75) is 51.9 Å². The van der Waals surface area contributed by atoms with Gasteiger partial charge in [-0.15, -0.1) is 0 Å². The lowest BCUT2D eigenvalue weighted by molar-refractivity contribution is -0.136. The molecule has 2 aromatic rings. The fraction of sp³-hybridized carbons (Fsp3) is 0.524. The third-order valence-electron chi connectivity index (χ3n) is 5.61. The number of rotatable bonds is 5. The molecule has 2 amide bonds. The monoisotopic (exact) mass is 382 g/mol. The van der Waals surface area contributed by atoms with Gasteiger partial charge in [0.25, 0.3) is 0 Å². The summed E-state index contributed by atoms with van der Waals surface area (Å²) >= 11 is 0. The summed E-state index contributed by atoms with van der Waals surface area (Å²) < 4.78 is 7.33. The van der Waals surface area contributed by atoms with E-state index in [0.717, 1.165) is 61.3 Å². The Morgan fingerprint density at radius 1 is 1.32 bits per heavy atom. The minimum Gasteiger partial charge on any atom is -0.449 e. The van der Waals surface area contributed by atoms with Gasteiger partial charge in [0.15, 0.2) is 0 Å². The van der Waals surface area contributed by atoms with Crippen LogP contribution in [0.2, 0.25) is 0 Å². The Hall–Kier alpha value is -2.70. The number of hydrogen-bond donors (Lipinski definition) is 0. The molecule has 0 radical (unpaired) electrons. The molecule has 0 bridgehead atoms. The van der Waals surface area contributed by atoms with Gasteiger partial charge in [0.05, 0.1) is 30.0 Å². The van der Waals surface area contributed by atoms with Gasteiger partial charge in [0.2, 0.25) is 5.91 Å². The van der Waals surface area contributed by atoms with Crippen LogP contribution >= 0.6 is 0 Å². The van der Waals surface area contributed by atoms with Gasteiger partial charge in [-0.1, -0.05) is 13.3 Å². The fourth-order valence-electron chi connectivity index (χ4n) is 4.07. The minimum atomic E-state index is -0.505. The number of ether oxygens (including phenoxy) is 1. The first-order valence-corrected chi connectivity index (χ1v) is 10.2. The molecule has 1 atom stereocenters. The number of carbonyl (C=O) groups is 2. The maximum absolute atomic E-state index is 12.9. The number of amides is 2. The van der Waals surface area contributed by atoms with Gasteiger partial charge in [-0.05, 0) is 44.2 Å². The molecule has 0 aromatic carbocycles. The molecule has 28 heavy (non-hydrogen) atoms. The third kappa shape index (κ3) is 3.53. The average molecular weight is 382 g/mol. The summed E-state index contributed by atoms with van der Waals surface area (Å²) in [5.41, 5.74) is 4.25. The van der Waals surface area contributed by atoms with E-state index in [9.17, 15) is 9.59 Å². The number of fused-ring (bicyclic) bond motifs is 3. The van der Waals surface area contributed by atoms with Gasteiger partial charge in [-0.3, -0.25) is 9.78 Å². The molecular weight excluding hydrogens is 356 g/mol. The number of nitrogens with zero attached hydrogens (tertiary/aromatic N) is 4. The van der Waals surface area contributed by atoms with Crippen LogP contribution in [0, 0.1) is 5.92 Å². The molecule has 1 unspecified atom stereocenters. The molecule has 0 saturated carbocycles. The molecule has 7 heteroatoms. The van der Waals surface area contributed by atoms with E-state index in [1.54, 1.807) is 0 Å². The van der Waals surface area contributed by atoms with Crippen LogP contribution in [0.25, 0.3) is 5.69 Å². The highest BCUT2D eigenvalue weighted by Crippen LogP contribution is 2.28. The molecule has 0 aliphatic carbocycles. The van der Waals surface area contributed by atoms with Crippen LogP contribution in [-0.4, -0.2) is 44.6 Å². The minimum absolute atomic E-state index is 0.132. The molecule has 148 valence electrons. The Morgan fingerprint density at radius 3 is 3.07 bits per heavy atom. The molecule has 2 aliphatic rings. The van der Waals surface area contributed by atoms with Gasteiger partial charge >= 0.3 is 6.09 Å². The van der Waals surface area contributed by atoms with Gasteiger partial charge in [0.1, 0.15) is 0 Å². The smallest absolute Gasteiger partial charge is 0.416 e. The van der Waals surface area contributed by atoms with Crippen LogP contribution in [0.1, 0.15) is 49.7 Å². The summed E-state index contributed by atoms with van der Waals surface area (Å²) in [7, 11) is 0. The Kier molecular flexibility index (Phi) is 5.41. The number of aromatic nitrogens is 3. The maximum Gasteiger partial charge on any atom is 0.416 e. The van der Waals surface area contributed by atoms with E-state index in [2.05, 4.69) is 20.6 Å². The van der Waals surface area contributed by atoms with Gasteiger partial charge in [-0.2, -0.15) is 0 Å². The number of aryl methyl sites for hydroxylation is 1. The van der Waals surface area contributed by atoms with Crippen molar-refractivity contribution in [1.29, 1.82) is 0 Å². The predicted molar refractivity (Wildman–Crippen MR) is 103 cm³/mol. The zero-order valence-corrected chi connectivity index (χ0v) is 16.3. The van der Waals surface area contributed by atoms with Gasteiger partial charge in [0, 0.05) is 30.8 Å². The summed E-state index contributed by atoms with van der Waals surface area (Å²) in [5.74, 6) is -0.352. The molecule has 4 rings (SSSR count). The Bertz CT molecular complexity index is 876. The molecule has 1 saturated heterocycles. The quantitative estimate of drug-likeness (QED) is 0.743. The molecule has 0 spiro atoms. The highest BCUT2D eigenvalue weighted by molar-refractivity contribution is 5.93. The standard InChI is InChI=1S/C21H26N4O3/c1-2-3-12-28-21(27)24-11-5-6-15(20(24)26)13-17-19-9-8-16-18(7-4-10-22-16)25(19)14-23-17/h4,7,10,14-15H,2-3,5-6,8-9,11-13H2,1H3. The Labute approximate surface area is 164 Å². The van der Waals surface area contributed by atoms with Crippen LogP contribution < -0.4 is 0 Å². The molecule has 4 heterocycles. The summed E-state index contributed by atoms with van der Waals surface area (Å²) in [6.45, 7) is 2.85. The number of likely N-dealkylation sites (tertiary alicyclic amines) is 1. The van der Waals surface area contributed by atoms with Crippen molar-refractivity contribution >= 4 is 12.0 Å². The number of unbranched alkanes of at least 4 members (excludes halogenated alkanes) is 1. The third-order valence-corrected chi connectivity index (χ3v) is 5.61. The number of hydrogen-bond acceptors (Lipinski definition) is 5. The van der Waals surface area contributed by atoms with Crippen molar-refractivity contribution in [3.63, 3.8) is 0 Å². The van der Waals surface area contributed by atoms with Gasteiger partial charge < -0.3 is 9.30 Å². The fourth-order valence-corrected chi connectivity index (χ4v) is 4.07. The first kappa shape index (κ1) is 18.7. The van der Waals surface area contributed by atoms with E-state index >= 15 is 0 Å². The molecule has 2 aromatic heterocycles. The topological polar surface area (TPSA) is 77.3 Å². The zero-order valence-electron chi connectivity index (χ0n) is 16.3. The molecule has 2 aliphatic heterocycles. The molecular formula is C21H26N4O3. The van der Waals surface area contributed by atoms with Crippen LogP contribution in [0.15, 0.2) is 24.7 Å².